The van der Waals surface area contributed by atoms with Crippen LogP contribution in [0.1, 0.15) is 54.4 Å². The first kappa shape index (κ1) is 18.9. The maximum absolute atomic E-state index is 12.1. The third-order valence-electron chi connectivity index (χ3n) is 3.22. The van der Waals surface area contributed by atoms with E-state index >= 15 is 0 Å². The normalized spacial score (nSPS) is 15.8. The lowest BCUT2D eigenvalue weighted by Crippen LogP contribution is -2.51. The first-order valence-corrected chi connectivity index (χ1v) is 7.45. The lowest BCUT2D eigenvalue weighted by Gasteiger charge is -2.24. The van der Waals surface area contributed by atoms with Crippen molar-refractivity contribution in [2.24, 2.45) is 17.6 Å². The quantitative estimate of drug-likeness (QED) is 0.667. The monoisotopic (exact) mass is 286 g/mol. The van der Waals surface area contributed by atoms with Gasteiger partial charge in [-0.1, -0.05) is 34.1 Å². The molecular formula is C15H30N2O3. The predicted molar refractivity (Wildman–Crippen MR) is 80.0 cm³/mol. The summed E-state index contributed by atoms with van der Waals surface area (Å²) in [4.78, 5) is 24.1. The van der Waals surface area contributed by atoms with Gasteiger partial charge < -0.3 is 15.8 Å². The number of rotatable bonds is 8. The SMILES string of the molecule is CCC(C)C(N)C(=O)N[C@@H](CC(C)C)C(=O)OC(C)C. The van der Waals surface area contributed by atoms with Crippen molar-refractivity contribution >= 4 is 11.9 Å². The van der Waals surface area contributed by atoms with Crippen LogP contribution in [0.3, 0.4) is 0 Å². The molecule has 5 nitrogen and oxygen atoms in total. The molecule has 0 spiro atoms. The van der Waals surface area contributed by atoms with Crippen molar-refractivity contribution in [2.75, 3.05) is 0 Å². The van der Waals surface area contributed by atoms with Gasteiger partial charge in [0, 0.05) is 0 Å². The highest BCUT2D eigenvalue weighted by Gasteiger charge is 2.27. The number of hydrogen-bond donors (Lipinski definition) is 2. The Kier molecular flexibility index (Phi) is 8.46. The molecule has 5 heteroatoms. The van der Waals surface area contributed by atoms with Crippen LogP contribution in [0.2, 0.25) is 0 Å². The molecule has 0 aliphatic rings. The molecule has 0 aliphatic carbocycles. The van der Waals surface area contributed by atoms with Crippen molar-refractivity contribution in [3.63, 3.8) is 0 Å². The summed E-state index contributed by atoms with van der Waals surface area (Å²) in [6, 6.07) is -1.22. The van der Waals surface area contributed by atoms with Gasteiger partial charge in [0.15, 0.2) is 0 Å². The first-order valence-electron chi connectivity index (χ1n) is 7.45. The standard InChI is InChI=1S/C15H30N2O3/c1-7-11(6)13(16)14(18)17-12(8-9(2)3)15(19)20-10(4)5/h9-13H,7-8,16H2,1-6H3,(H,17,18)/t11?,12-,13?/m0/s1. The second-order valence-electron chi connectivity index (χ2n) is 6.09. The zero-order valence-corrected chi connectivity index (χ0v) is 13.6. The van der Waals surface area contributed by atoms with Crippen LogP contribution in [0.25, 0.3) is 0 Å². The van der Waals surface area contributed by atoms with Gasteiger partial charge in [-0.2, -0.15) is 0 Å². The van der Waals surface area contributed by atoms with E-state index in [9.17, 15) is 9.59 Å². The number of carbonyl (C=O) groups is 2. The molecule has 0 aromatic rings. The Morgan fingerprint density at radius 2 is 1.70 bits per heavy atom. The van der Waals surface area contributed by atoms with Gasteiger partial charge in [0.2, 0.25) is 5.91 Å². The molecule has 118 valence electrons. The van der Waals surface area contributed by atoms with Crippen molar-refractivity contribution in [2.45, 2.75) is 72.6 Å². The van der Waals surface area contributed by atoms with Crippen molar-refractivity contribution in [1.29, 1.82) is 0 Å². The Morgan fingerprint density at radius 1 is 1.15 bits per heavy atom. The van der Waals surface area contributed by atoms with E-state index in [4.69, 9.17) is 10.5 Å². The lowest BCUT2D eigenvalue weighted by molar-refractivity contribution is -0.152. The number of carbonyl (C=O) groups excluding carboxylic acids is 2. The van der Waals surface area contributed by atoms with Gasteiger partial charge >= 0.3 is 5.97 Å². The largest absolute Gasteiger partial charge is 0.461 e. The molecule has 20 heavy (non-hydrogen) atoms. The molecular weight excluding hydrogens is 256 g/mol. The smallest absolute Gasteiger partial charge is 0.328 e. The van der Waals surface area contributed by atoms with Gasteiger partial charge in [-0.25, -0.2) is 4.79 Å². The maximum Gasteiger partial charge on any atom is 0.328 e. The van der Waals surface area contributed by atoms with Crippen LogP contribution in [-0.2, 0) is 14.3 Å². The van der Waals surface area contributed by atoms with E-state index < -0.39 is 18.1 Å². The van der Waals surface area contributed by atoms with E-state index in [2.05, 4.69) is 5.32 Å². The first-order chi connectivity index (χ1) is 9.18. The molecule has 0 saturated carbocycles. The van der Waals surface area contributed by atoms with Crippen LogP contribution in [-0.4, -0.2) is 30.1 Å². The lowest BCUT2D eigenvalue weighted by atomic mass is 9.98. The van der Waals surface area contributed by atoms with Crippen LogP contribution in [0.5, 0.6) is 0 Å². The molecule has 2 unspecified atom stereocenters. The Hall–Kier alpha value is -1.10. The van der Waals surface area contributed by atoms with Gasteiger partial charge in [0.25, 0.3) is 0 Å². The fourth-order valence-electron chi connectivity index (χ4n) is 1.78. The average molecular weight is 286 g/mol. The van der Waals surface area contributed by atoms with E-state index in [1.807, 2.05) is 27.7 Å². The van der Waals surface area contributed by atoms with Gasteiger partial charge in [0.1, 0.15) is 6.04 Å². The molecule has 0 aromatic heterocycles. The zero-order valence-electron chi connectivity index (χ0n) is 13.6. The van der Waals surface area contributed by atoms with Gasteiger partial charge in [-0.15, -0.1) is 0 Å². The van der Waals surface area contributed by atoms with Crippen molar-refractivity contribution < 1.29 is 14.3 Å². The Bertz CT molecular complexity index is 316. The molecule has 1 amide bonds. The summed E-state index contributed by atoms with van der Waals surface area (Å²) >= 11 is 0. The Labute approximate surface area is 122 Å². The average Bonchev–Trinajstić information content (AvgIpc) is 2.34. The molecule has 0 aromatic carbocycles. The van der Waals surface area contributed by atoms with E-state index in [0.29, 0.717) is 6.42 Å². The van der Waals surface area contributed by atoms with Crippen molar-refractivity contribution in [3.8, 4) is 0 Å². The topological polar surface area (TPSA) is 81.4 Å². The molecule has 0 aliphatic heterocycles. The Morgan fingerprint density at radius 3 is 2.10 bits per heavy atom. The fourth-order valence-corrected chi connectivity index (χ4v) is 1.78. The fraction of sp³-hybridized carbons (Fsp3) is 0.867. The molecule has 0 rings (SSSR count). The minimum atomic E-state index is -0.625. The summed E-state index contributed by atoms with van der Waals surface area (Å²) in [7, 11) is 0. The second-order valence-corrected chi connectivity index (χ2v) is 6.09. The van der Waals surface area contributed by atoms with E-state index in [0.717, 1.165) is 6.42 Å². The highest BCUT2D eigenvalue weighted by atomic mass is 16.5. The molecule has 0 bridgehead atoms. The van der Waals surface area contributed by atoms with E-state index in [-0.39, 0.29) is 23.8 Å². The van der Waals surface area contributed by atoms with Crippen molar-refractivity contribution in [3.05, 3.63) is 0 Å². The Balaban J connectivity index is 4.72. The number of hydrogen-bond acceptors (Lipinski definition) is 4. The number of amides is 1. The van der Waals surface area contributed by atoms with Gasteiger partial charge in [0.05, 0.1) is 12.1 Å². The number of nitrogens with one attached hydrogen (secondary N) is 1. The molecule has 0 fully saturated rings. The van der Waals surface area contributed by atoms with Crippen LogP contribution >= 0.6 is 0 Å². The zero-order chi connectivity index (χ0) is 15.9. The highest BCUT2D eigenvalue weighted by molar-refractivity contribution is 5.87. The van der Waals surface area contributed by atoms with Gasteiger partial charge in [-0.3, -0.25) is 4.79 Å². The summed E-state index contributed by atoms with van der Waals surface area (Å²) < 4.78 is 5.19. The van der Waals surface area contributed by atoms with E-state index in [1.54, 1.807) is 13.8 Å². The number of ether oxygens (including phenoxy) is 1. The summed E-state index contributed by atoms with van der Waals surface area (Å²) in [5, 5.41) is 2.73. The van der Waals surface area contributed by atoms with Gasteiger partial charge in [-0.05, 0) is 32.1 Å². The van der Waals surface area contributed by atoms with Crippen LogP contribution in [0.4, 0.5) is 0 Å². The highest BCUT2D eigenvalue weighted by Crippen LogP contribution is 2.10. The summed E-state index contributed by atoms with van der Waals surface area (Å²) in [5.41, 5.74) is 5.89. The summed E-state index contributed by atoms with van der Waals surface area (Å²) in [6.07, 6.45) is 1.17. The minimum absolute atomic E-state index is 0.0795. The second kappa shape index (κ2) is 8.95. The van der Waals surface area contributed by atoms with Crippen LogP contribution in [0.15, 0.2) is 0 Å². The molecule has 3 N–H and O–H groups in total. The predicted octanol–water partition coefficient (Wildman–Crippen LogP) is 1.84. The summed E-state index contributed by atoms with van der Waals surface area (Å²) in [5.74, 6) is -0.320. The number of nitrogens with two attached hydrogens (primary N) is 1. The van der Waals surface area contributed by atoms with Crippen LogP contribution < -0.4 is 11.1 Å². The third kappa shape index (κ3) is 6.89. The molecule has 0 radical (unpaired) electrons. The maximum atomic E-state index is 12.1. The molecule has 0 heterocycles. The molecule has 3 atom stereocenters. The summed E-state index contributed by atoms with van der Waals surface area (Å²) in [6.45, 7) is 11.5. The molecule has 0 saturated heterocycles. The van der Waals surface area contributed by atoms with Crippen molar-refractivity contribution in [1.82, 2.24) is 5.32 Å². The van der Waals surface area contributed by atoms with E-state index in [1.165, 1.54) is 0 Å². The third-order valence-corrected chi connectivity index (χ3v) is 3.22. The number of esters is 1. The minimum Gasteiger partial charge on any atom is -0.461 e. The van der Waals surface area contributed by atoms with Crippen LogP contribution in [0, 0.1) is 11.8 Å².